The first-order chi connectivity index (χ1) is 6.29. The zero-order valence-corrected chi connectivity index (χ0v) is 7.56. The van der Waals surface area contributed by atoms with Gasteiger partial charge in [-0.15, -0.1) is 0 Å². The SMILES string of the molecule is ON=C1C2CC3CC(C2)C(O)C1C3. The molecule has 4 saturated carbocycles. The van der Waals surface area contributed by atoms with Crippen molar-refractivity contribution >= 4 is 5.71 Å². The van der Waals surface area contributed by atoms with Gasteiger partial charge in [0, 0.05) is 11.8 Å². The molecule has 0 saturated heterocycles. The van der Waals surface area contributed by atoms with E-state index in [-0.39, 0.29) is 12.0 Å². The van der Waals surface area contributed by atoms with Crippen molar-refractivity contribution in [1.82, 2.24) is 0 Å². The van der Waals surface area contributed by atoms with Gasteiger partial charge in [0.25, 0.3) is 0 Å². The predicted molar refractivity (Wildman–Crippen MR) is 47.7 cm³/mol. The number of hydrogen-bond acceptors (Lipinski definition) is 3. The van der Waals surface area contributed by atoms with Crippen molar-refractivity contribution in [2.45, 2.75) is 31.8 Å². The average Bonchev–Trinajstić information content (AvgIpc) is 2.13. The van der Waals surface area contributed by atoms with Gasteiger partial charge in [-0.3, -0.25) is 0 Å². The maximum absolute atomic E-state index is 9.94. The average molecular weight is 181 g/mol. The molecule has 13 heavy (non-hydrogen) atoms. The number of aliphatic hydroxyl groups is 1. The van der Waals surface area contributed by atoms with Crippen molar-refractivity contribution < 1.29 is 10.3 Å². The van der Waals surface area contributed by atoms with Crippen molar-refractivity contribution in [2.24, 2.45) is 28.8 Å². The topological polar surface area (TPSA) is 52.8 Å². The Kier molecular flexibility index (Phi) is 1.48. The van der Waals surface area contributed by atoms with Gasteiger partial charge in [0.2, 0.25) is 0 Å². The Balaban J connectivity index is 1.98. The van der Waals surface area contributed by atoms with Crippen LogP contribution in [0.15, 0.2) is 5.16 Å². The van der Waals surface area contributed by atoms with Gasteiger partial charge in [-0.05, 0) is 37.5 Å². The first-order valence-corrected chi connectivity index (χ1v) is 5.19. The van der Waals surface area contributed by atoms with Crippen molar-refractivity contribution in [3.63, 3.8) is 0 Å². The minimum Gasteiger partial charge on any atom is -0.411 e. The third-order valence-corrected chi connectivity index (χ3v) is 4.24. The molecule has 4 fully saturated rings. The van der Waals surface area contributed by atoms with E-state index in [0.717, 1.165) is 24.5 Å². The highest BCUT2D eigenvalue weighted by Gasteiger charge is 2.51. The van der Waals surface area contributed by atoms with E-state index in [9.17, 15) is 5.11 Å². The lowest BCUT2D eigenvalue weighted by Crippen LogP contribution is -2.53. The molecule has 2 N–H and O–H groups in total. The van der Waals surface area contributed by atoms with E-state index in [0.29, 0.717) is 11.8 Å². The van der Waals surface area contributed by atoms with Crippen LogP contribution in [0.4, 0.5) is 0 Å². The molecule has 0 amide bonds. The summed E-state index contributed by atoms with van der Waals surface area (Å²) in [6.45, 7) is 0. The van der Waals surface area contributed by atoms with Crippen molar-refractivity contribution in [1.29, 1.82) is 0 Å². The summed E-state index contributed by atoms with van der Waals surface area (Å²) in [6, 6.07) is 0. The second-order valence-corrected chi connectivity index (χ2v) is 4.89. The molecule has 5 atom stereocenters. The number of nitrogens with zero attached hydrogens (tertiary/aromatic N) is 1. The van der Waals surface area contributed by atoms with Crippen LogP contribution in [-0.2, 0) is 0 Å². The highest BCUT2D eigenvalue weighted by molar-refractivity contribution is 5.90. The highest BCUT2D eigenvalue weighted by Crippen LogP contribution is 2.52. The van der Waals surface area contributed by atoms with E-state index in [1.165, 1.54) is 12.8 Å². The van der Waals surface area contributed by atoms with Gasteiger partial charge in [0.05, 0.1) is 11.8 Å². The number of oxime groups is 1. The lowest BCUT2D eigenvalue weighted by molar-refractivity contribution is -0.0341. The summed E-state index contributed by atoms with van der Waals surface area (Å²) < 4.78 is 0. The van der Waals surface area contributed by atoms with Gasteiger partial charge in [-0.25, -0.2) is 0 Å². The quantitative estimate of drug-likeness (QED) is 0.436. The lowest BCUT2D eigenvalue weighted by Gasteiger charge is -2.52. The smallest absolute Gasteiger partial charge is 0.0658 e. The fourth-order valence-electron chi connectivity index (χ4n) is 3.78. The Labute approximate surface area is 77.4 Å². The van der Waals surface area contributed by atoms with Crippen LogP contribution in [0.2, 0.25) is 0 Å². The summed E-state index contributed by atoms with van der Waals surface area (Å²) in [6.07, 6.45) is 4.27. The molecule has 3 heteroatoms. The Hall–Kier alpha value is -0.570. The van der Waals surface area contributed by atoms with E-state index < -0.39 is 0 Å². The summed E-state index contributed by atoms with van der Waals surface area (Å²) in [7, 11) is 0. The van der Waals surface area contributed by atoms with Gasteiger partial charge < -0.3 is 10.3 Å². The standard InChI is InChI=1S/C10H15NO2/c12-10-7-2-5-1-6(4-7)9(11-13)8(10)3-5/h5-8,10,12-13H,1-4H2. The predicted octanol–water partition coefficient (Wildman–Crippen LogP) is 1.24. The van der Waals surface area contributed by atoms with Gasteiger partial charge in [-0.2, -0.15) is 0 Å². The molecular weight excluding hydrogens is 166 g/mol. The number of aliphatic hydroxyl groups excluding tert-OH is 1. The van der Waals surface area contributed by atoms with E-state index >= 15 is 0 Å². The van der Waals surface area contributed by atoms with Gasteiger partial charge >= 0.3 is 0 Å². The first kappa shape index (κ1) is 7.80. The van der Waals surface area contributed by atoms with E-state index in [1.54, 1.807) is 0 Å². The summed E-state index contributed by atoms with van der Waals surface area (Å²) >= 11 is 0. The zero-order chi connectivity index (χ0) is 9.00. The van der Waals surface area contributed by atoms with Crippen LogP contribution in [0.5, 0.6) is 0 Å². The van der Waals surface area contributed by atoms with Crippen LogP contribution in [0.3, 0.4) is 0 Å². The molecule has 4 aliphatic carbocycles. The Morgan fingerprint density at radius 3 is 2.77 bits per heavy atom. The van der Waals surface area contributed by atoms with Crippen molar-refractivity contribution in [3.05, 3.63) is 0 Å². The molecule has 0 aromatic carbocycles. The Morgan fingerprint density at radius 2 is 2.00 bits per heavy atom. The molecule has 0 aromatic heterocycles. The molecule has 0 heterocycles. The number of rotatable bonds is 0. The normalized spacial score (nSPS) is 56.1. The van der Waals surface area contributed by atoms with Gasteiger partial charge in [-0.1, -0.05) is 5.16 Å². The van der Waals surface area contributed by atoms with Crippen LogP contribution < -0.4 is 0 Å². The summed E-state index contributed by atoms with van der Waals surface area (Å²) in [5.74, 6) is 1.95. The maximum Gasteiger partial charge on any atom is 0.0658 e. The molecule has 3 nitrogen and oxygen atoms in total. The van der Waals surface area contributed by atoms with Crippen LogP contribution >= 0.6 is 0 Å². The van der Waals surface area contributed by atoms with Crippen LogP contribution in [0.1, 0.15) is 25.7 Å². The van der Waals surface area contributed by atoms with Gasteiger partial charge in [0.15, 0.2) is 0 Å². The summed E-state index contributed by atoms with van der Waals surface area (Å²) in [4.78, 5) is 0. The van der Waals surface area contributed by atoms with Crippen molar-refractivity contribution in [2.75, 3.05) is 0 Å². The highest BCUT2D eigenvalue weighted by atomic mass is 16.4. The van der Waals surface area contributed by atoms with Crippen LogP contribution in [0, 0.1) is 23.7 Å². The maximum atomic E-state index is 9.94. The second kappa shape index (κ2) is 2.47. The molecule has 0 aromatic rings. The van der Waals surface area contributed by atoms with Crippen molar-refractivity contribution in [3.8, 4) is 0 Å². The molecule has 4 aliphatic rings. The van der Waals surface area contributed by atoms with E-state index in [1.807, 2.05) is 0 Å². The van der Waals surface area contributed by atoms with Crippen LogP contribution in [-0.4, -0.2) is 22.1 Å². The molecule has 0 aliphatic heterocycles. The lowest BCUT2D eigenvalue weighted by atomic mass is 9.54. The molecule has 0 radical (unpaired) electrons. The molecular formula is C10H15NO2. The fourth-order valence-corrected chi connectivity index (χ4v) is 3.78. The third-order valence-electron chi connectivity index (χ3n) is 4.24. The van der Waals surface area contributed by atoms with E-state index in [4.69, 9.17) is 5.21 Å². The van der Waals surface area contributed by atoms with Crippen LogP contribution in [0.25, 0.3) is 0 Å². The Morgan fingerprint density at radius 1 is 1.15 bits per heavy atom. The van der Waals surface area contributed by atoms with Gasteiger partial charge in [0.1, 0.15) is 0 Å². The fraction of sp³-hybridized carbons (Fsp3) is 0.900. The number of hydrogen-bond donors (Lipinski definition) is 2. The first-order valence-electron chi connectivity index (χ1n) is 5.19. The molecule has 0 spiro atoms. The third kappa shape index (κ3) is 0.909. The molecule has 5 unspecified atom stereocenters. The monoisotopic (exact) mass is 181 g/mol. The zero-order valence-electron chi connectivity index (χ0n) is 7.56. The molecule has 4 rings (SSSR count). The Bertz CT molecular complexity index is 264. The summed E-state index contributed by atoms with van der Waals surface area (Å²) in [5.41, 5.74) is 0.889. The minimum absolute atomic E-state index is 0.182. The largest absolute Gasteiger partial charge is 0.411 e. The van der Waals surface area contributed by atoms with E-state index in [2.05, 4.69) is 5.16 Å². The minimum atomic E-state index is -0.223. The second-order valence-electron chi connectivity index (χ2n) is 4.89. The molecule has 4 bridgehead atoms. The molecule has 72 valence electrons. The summed E-state index contributed by atoms with van der Waals surface area (Å²) in [5, 5.41) is 22.2.